The first kappa shape index (κ1) is 10.5. The van der Waals surface area contributed by atoms with E-state index in [1.54, 1.807) is 25.3 Å². The van der Waals surface area contributed by atoms with E-state index in [0.29, 0.717) is 12.1 Å². The standard InChI is InChI=1S/C10H13NO3/c1-3-5-11-6-4-8(12)7(2)9(11)10(13)14/h3-4,6,8,12H,1,5H2,2H3,(H,13,14). The van der Waals surface area contributed by atoms with Crippen molar-refractivity contribution in [1.82, 2.24) is 4.90 Å². The Morgan fingerprint density at radius 1 is 1.79 bits per heavy atom. The molecule has 0 aliphatic carbocycles. The van der Waals surface area contributed by atoms with Gasteiger partial charge in [-0.15, -0.1) is 6.58 Å². The van der Waals surface area contributed by atoms with E-state index < -0.39 is 12.1 Å². The van der Waals surface area contributed by atoms with Gasteiger partial charge in [0.15, 0.2) is 0 Å². The molecule has 1 heterocycles. The summed E-state index contributed by atoms with van der Waals surface area (Å²) in [5.41, 5.74) is 0.571. The van der Waals surface area contributed by atoms with Crippen LogP contribution in [0.1, 0.15) is 6.92 Å². The molecule has 1 unspecified atom stereocenters. The number of aliphatic hydroxyl groups is 1. The van der Waals surface area contributed by atoms with Crippen LogP contribution >= 0.6 is 0 Å². The third-order valence-corrected chi connectivity index (χ3v) is 2.08. The molecule has 0 saturated heterocycles. The van der Waals surface area contributed by atoms with E-state index in [9.17, 15) is 9.90 Å². The van der Waals surface area contributed by atoms with E-state index in [1.165, 1.54) is 4.90 Å². The van der Waals surface area contributed by atoms with Gasteiger partial charge in [-0.3, -0.25) is 0 Å². The van der Waals surface area contributed by atoms with Gasteiger partial charge in [-0.05, 0) is 18.6 Å². The first-order valence-electron chi connectivity index (χ1n) is 4.26. The normalized spacial score (nSPS) is 21.3. The molecule has 0 amide bonds. The number of aliphatic carboxylic acids is 1. The second-order valence-electron chi connectivity index (χ2n) is 3.06. The van der Waals surface area contributed by atoms with E-state index in [-0.39, 0.29) is 5.70 Å². The van der Waals surface area contributed by atoms with Gasteiger partial charge < -0.3 is 15.1 Å². The fraction of sp³-hybridized carbons (Fsp3) is 0.300. The third kappa shape index (κ3) is 1.85. The average Bonchev–Trinajstić information content (AvgIpc) is 2.11. The quantitative estimate of drug-likeness (QED) is 0.651. The minimum Gasteiger partial charge on any atom is -0.477 e. The van der Waals surface area contributed by atoms with Crippen molar-refractivity contribution in [3.63, 3.8) is 0 Å². The van der Waals surface area contributed by atoms with Crippen molar-refractivity contribution in [2.45, 2.75) is 13.0 Å². The molecule has 1 aliphatic heterocycles. The number of carboxylic acids is 1. The SMILES string of the molecule is C=CCN1C=CC(O)C(C)=C1C(=O)O. The van der Waals surface area contributed by atoms with Crippen molar-refractivity contribution in [3.8, 4) is 0 Å². The zero-order valence-corrected chi connectivity index (χ0v) is 7.97. The van der Waals surface area contributed by atoms with Crippen LogP contribution in [0, 0.1) is 0 Å². The lowest BCUT2D eigenvalue weighted by Gasteiger charge is -2.26. The Hall–Kier alpha value is -1.55. The Morgan fingerprint density at radius 2 is 2.43 bits per heavy atom. The average molecular weight is 195 g/mol. The molecule has 4 nitrogen and oxygen atoms in total. The molecule has 0 aromatic rings. The zero-order chi connectivity index (χ0) is 10.7. The largest absolute Gasteiger partial charge is 0.477 e. The molecule has 0 saturated carbocycles. The van der Waals surface area contributed by atoms with Gasteiger partial charge in [0.25, 0.3) is 0 Å². The van der Waals surface area contributed by atoms with Crippen LogP contribution < -0.4 is 0 Å². The number of carboxylic acid groups (broad SMARTS) is 1. The Kier molecular flexibility index (Phi) is 3.09. The van der Waals surface area contributed by atoms with Crippen LogP contribution in [0.25, 0.3) is 0 Å². The molecule has 1 rings (SSSR count). The van der Waals surface area contributed by atoms with Crippen molar-refractivity contribution >= 4 is 5.97 Å². The summed E-state index contributed by atoms with van der Waals surface area (Å²) in [4.78, 5) is 12.5. The molecule has 1 aliphatic rings. The summed E-state index contributed by atoms with van der Waals surface area (Å²) in [5, 5.41) is 18.4. The van der Waals surface area contributed by atoms with Crippen LogP contribution in [0.15, 0.2) is 36.2 Å². The van der Waals surface area contributed by atoms with Gasteiger partial charge in [-0.2, -0.15) is 0 Å². The lowest BCUT2D eigenvalue weighted by atomic mass is 10.1. The number of carbonyl (C=O) groups is 1. The van der Waals surface area contributed by atoms with E-state index in [0.717, 1.165) is 0 Å². The topological polar surface area (TPSA) is 60.8 Å². The molecule has 0 fully saturated rings. The molecule has 0 aromatic heterocycles. The minimum absolute atomic E-state index is 0.125. The van der Waals surface area contributed by atoms with E-state index in [2.05, 4.69) is 6.58 Å². The molecule has 0 radical (unpaired) electrons. The molecular weight excluding hydrogens is 182 g/mol. The smallest absolute Gasteiger partial charge is 0.352 e. The number of hydrogen-bond acceptors (Lipinski definition) is 3. The van der Waals surface area contributed by atoms with Crippen LogP contribution in [-0.4, -0.2) is 33.7 Å². The van der Waals surface area contributed by atoms with E-state index in [1.807, 2.05) is 0 Å². The second-order valence-corrected chi connectivity index (χ2v) is 3.06. The van der Waals surface area contributed by atoms with Gasteiger partial charge in [0.2, 0.25) is 0 Å². The lowest BCUT2D eigenvalue weighted by Crippen LogP contribution is -2.30. The number of aliphatic hydroxyl groups excluding tert-OH is 1. The molecule has 0 bridgehead atoms. The number of hydrogen-bond donors (Lipinski definition) is 2. The van der Waals surface area contributed by atoms with E-state index in [4.69, 9.17) is 5.11 Å². The fourth-order valence-electron chi connectivity index (χ4n) is 1.35. The molecule has 14 heavy (non-hydrogen) atoms. The summed E-state index contributed by atoms with van der Waals surface area (Å²) in [6.45, 7) is 5.56. The van der Waals surface area contributed by atoms with Gasteiger partial charge in [0.1, 0.15) is 5.70 Å². The maximum atomic E-state index is 10.9. The third-order valence-electron chi connectivity index (χ3n) is 2.08. The summed E-state index contributed by atoms with van der Waals surface area (Å²) in [7, 11) is 0. The summed E-state index contributed by atoms with van der Waals surface area (Å²) < 4.78 is 0. The maximum absolute atomic E-state index is 10.9. The second kappa shape index (κ2) is 4.11. The zero-order valence-electron chi connectivity index (χ0n) is 7.97. The Labute approximate surface area is 82.5 Å². The van der Waals surface area contributed by atoms with Gasteiger partial charge in [-0.1, -0.05) is 6.08 Å². The molecular formula is C10H13NO3. The van der Waals surface area contributed by atoms with Crippen LogP contribution in [0.3, 0.4) is 0 Å². The molecule has 0 aromatic carbocycles. The molecule has 0 spiro atoms. The molecule has 2 N–H and O–H groups in total. The Bertz CT molecular complexity index is 317. The van der Waals surface area contributed by atoms with Gasteiger partial charge in [0, 0.05) is 12.7 Å². The van der Waals surface area contributed by atoms with E-state index >= 15 is 0 Å². The van der Waals surface area contributed by atoms with Crippen molar-refractivity contribution in [2.24, 2.45) is 0 Å². The highest BCUT2D eigenvalue weighted by atomic mass is 16.4. The Balaban J connectivity index is 3.04. The van der Waals surface area contributed by atoms with Crippen molar-refractivity contribution in [1.29, 1.82) is 0 Å². The van der Waals surface area contributed by atoms with Crippen molar-refractivity contribution in [2.75, 3.05) is 6.54 Å². The summed E-state index contributed by atoms with van der Waals surface area (Å²) in [6.07, 6.45) is 3.91. The highest BCUT2D eigenvalue weighted by Crippen LogP contribution is 2.20. The molecule has 4 heteroatoms. The lowest BCUT2D eigenvalue weighted by molar-refractivity contribution is -0.134. The molecule has 76 valence electrons. The maximum Gasteiger partial charge on any atom is 0.352 e. The van der Waals surface area contributed by atoms with Gasteiger partial charge in [0.05, 0.1) is 6.10 Å². The fourth-order valence-corrected chi connectivity index (χ4v) is 1.35. The predicted molar refractivity (Wildman–Crippen MR) is 52.4 cm³/mol. The van der Waals surface area contributed by atoms with Crippen LogP contribution in [0.5, 0.6) is 0 Å². The monoisotopic (exact) mass is 195 g/mol. The first-order valence-corrected chi connectivity index (χ1v) is 4.26. The van der Waals surface area contributed by atoms with Crippen LogP contribution in [-0.2, 0) is 4.79 Å². The highest BCUT2D eigenvalue weighted by Gasteiger charge is 2.23. The molecule has 1 atom stereocenters. The van der Waals surface area contributed by atoms with Crippen LogP contribution in [0.2, 0.25) is 0 Å². The first-order chi connectivity index (χ1) is 6.57. The summed E-state index contributed by atoms with van der Waals surface area (Å²) in [6, 6.07) is 0. The van der Waals surface area contributed by atoms with Crippen molar-refractivity contribution < 1.29 is 15.0 Å². The summed E-state index contributed by atoms with van der Waals surface area (Å²) >= 11 is 0. The number of rotatable bonds is 3. The van der Waals surface area contributed by atoms with Gasteiger partial charge >= 0.3 is 5.97 Å². The Morgan fingerprint density at radius 3 is 2.93 bits per heavy atom. The van der Waals surface area contributed by atoms with Gasteiger partial charge in [-0.25, -0.2) is 4.79 Å². The minimum atomic E-state index is -1.03. The van der Waals surface area contributed by atoms with Crippen LogP contribution in [0.4, 0.5) is 0 Å². The summed E-state index contributed by atoms with van der Waals surface area (Å²) in [5.74, 6) is -1.03. The number of nitrogens with zero attached hydrogens (tertiary/aromatic N) is 1. The van der Waals surface area contributed by atoms with Crippen molar-refractivity contribution in [3.05, 3.63) is 36.2 Å². The predicted octanol–water partition coefficient (Wildman–Crippen LogP) is 0.721. The highest BCUT2D eigenvalue weighted by molar-refractivity contribution is 5.87.